The number of aliphatic hydroxyl groups excluding tert-OH is 2. The number of ether oxygens (including phenoxy) is 1. The molecule has 1 aromatic heterocycles. The molecule has 0 radical (unpaired) electrons. The van der Waals surface area contributed by atoms with Gasteiger partial charge in [-0.15, -0.1) is 11.3 Å². The van der Waals surface area contributed by atoms with Crippen LogP contribution in [-0.2, 0) is 6.18 Å². The maximum atomic E-state index is 12.9. The molecule has 3 aromatic rings. The number of aryl methyl sites for hydroxylation is 1. The molecule has 3 rings (SSSR count). The molecule has 0 saturated carbocycles. The lowest BCUT2D eigenvalue weighted by Gasteiger charge is -2.12. The van der Waals surface area contributed by atoms with Crippen molar-refractivity contribution in [3.8, 4) is 16.3 Å². The molecule has 0 aliphatic heterocycles. The smallest absolute Gasteiger partial charge is 0.416 e. The second-order valence-electron chi connectivity index (χ2n) is 7.90. The van der Waals surface area contributed by atoms with Crippen LogP contribution in [0, 0.1) is 6.92 Å². The fraction of sp³-hybridized carbons (Fsp3) is 0.320. The predicted molar refractivity (Wildman–Crippen MR) is 124 cm³/mol. The van der Waals surface area contributed by atoms with Crippen LogP contribution in [0.5, 0.6) is 5.75 Å². The molecule has 8 heteroatoms. The van der Waals surface area contributed by atoms with Crippen molar-refractivity contribution in [2.75, 3.05) is 13.2 Å². The van der Waals surface area contributed by atoms with Gasteiger partial charge in [-0.1, -0.05) is 38.1 Å². The highest BCUT2D eigenvalue weighted by Crippen LogP contribution is 2.35. The number of halogens is 3. The Morgan fingerprint density at radius 1 is 1.12 bits per heavy atom. The Kier molecular flexibility index (Phi) is 7.94. The summed E-state index contributed by atoms with van der Waals surface area (Å²) in [5.41, 5.74) is 2.28. The van der Waals surface area contributed by atoms with E-state index in [0.29, 0.717) is 21.9 Å². The lowest BCUT2D eigenvalue weighted by atomic mass is 10.0. The zero-order valence-corrected chi connectivity index (χ0v) is 19.4. The van der Waals surface area contributed by atoms with Crippen LogP contribution in [0.2, 0.25) is 0 Å². The zero-order chi connectivity index (χ0) is 24.2. The van der Waals surface area contributed by atoms with Gasteiger partial charge in [0.05, 0.1) is 28.8 Å². The van der Waals surface area contributed by atoms with Gasteiger partial charge in [-0.2, -0.15) is 13.2 Å². The summed E-state index contributed by atoms with van der Waals surface area (Å²) in [6.07, 6.45) is -1.77. The van der Waals surface area contributed by atoms with Crippen molar-refractivity contribution < 1.29 is 28.1 Å². The van der Waals surface area contributed by atoms with E-state index in [2.05, 4.69) is 4.98 Å². The van der Waals surface area contributed by atoms with Gasteiger partial charge in [0.25, 0.3) is 0 Å². The fourth-order valence-electron chi connectivity index (χ4n) is 3.27. The van der Waals surface area contributed by atoms with Gasteiger partial charge < -0.3 is 14.9 Å². The maximum absolute atomic E-state index is 12.9. The molecule has 2 N–H and O–H groups in total. The average molecular weight is 478 g/mol. The Morgan fingerprint density at radius 3 is 2.39 bits per heavy atom. The predicted octanol–water partition coefficient (Wildman–Crippen LogP) is 6.38. The largest absolute Gasteiger partial charge is 0.491 e. The molecule has 33 heavy (non-hydrogen) atoms. The van der Waals surface area contributed by atoms with E-state index in [9.17, 15) is 18.3 Å². The molecule has 0 aliphatic rings. The molecule has 1 heterocycles. The van der Waals surface area contributed by atoms with E-state index in [1.165, 1.54) is 23.5 Å². The fourth-order valence-corrected chi connectivity index (χ4v) is 4.40. The molecule has 0 bridgehead atoms. The van der Waals surface area contributed by atoms with E-state index >= 15 is 0 Å². The van der Waals surface area contributed by atoms with Crippen LogP contribution in [0.25, 0.3) is 16.6 Å². The van der Waals surface area contributed by atoms with Crippen molar-refractivity contribution in [3.05, 3.63) is 75.8 Å². The summed E-state index contributed by atoms with van der Waals surface area (Å²) in [5, 5.41) is 20.2. The van der Waals surface area contributed by atoms with Crippen LogP contribution < -0.4 is 4.74 Å². The first-order valence-electron chi connectivity index (χ1n) is 10.5. The van der Waals surface area contributed by atoms with Gasteiger partial charge in [0.15, 0.2) is 0 Å². The molecule has 2 aromatic carbocycles. The monoisotopic (exact) mass is 477 g/mol. The Morgan fingerprint density at radius 2 is 1.82 bits per heavy atom. The first-order valence-corrected chi connectivity index (χ1v) is 11.3. The number of thiazole rings is 1. The van der Waals surface area contributed by atoms with Crippen LogP contribution in [0.15, 0.2) is 48.5 Å². The summed E-state index contributed by atoms with van der Waals surface area (Å²) in [6.45, 7) is 5.98. The van der Waals surface area contributed by atoms with Crippen LogP contribution in [0.4, 0.5) is 13.2 Å². The van der Waals surface area contributed by atoms with Crippen molar-refractivity contribution in [3.63, 3.8) is 0 Å². The first kappa shape index (κ1) is 25.0. The first-order chi connectivity index (χ1) is 15.6. The SMILES string of the molecule is Cc1cc(C(O)C=Cc2sc(-c3ccc(C(F)(F)F)cc3)nc2C(C)C)ccc1OCCO. The Bertz CT molecular complexity index is 1110. The van der Waals surface area contributed by atoms with Crippen molar-refractivity contribution >= 4 is 17.4 Å². The zero-order valence-electron chi connectivity index (χ0n) is 18.6. The van der Waals surface area contributed by atoms with Crippen molar-refractivity contribution in [1.29, 1.82) is 0 Å². The van der Waals surface area contributed by atoms with Gasteiger partial charge in [-0.25, -0.2) is 4.98 Å². The van der Waals surface area contributed by atoms with E-state index in [1.807, 2.05) is 26.8 Å². The van der Waals surface area contributed by atoms with Gasteiger partial charge in [-0.05, 0) is 54.3 Å². The number of aromatic nitrogens is 1. The van der Waals surface area contributed by atoms with E-state index < -0.39 is 17.8 Å². The summed E-state index contributed by atoms with van der Waals surface area (Å²) in [4.78, 5) is 5.49. The van der Waals surface area contributed by atoms with E-state index in [1.54, 1.807) is 24.3 Å². The van der Waals surface area contributed by atoms with Crippen LogP contribution >= 0.6 is 11.3 Å². The number of hydrogen-bond donors (Lipinski definition) is 2. The topological polar surface area (TPSA) is 62.6 Å². The van der Waals surface area contributed by atoms with Crippen LogP contribution in [-0.4, -0.2) is 28.4 Å². The van der Waals surface area contributed by atoms with Crippen LogP contribution in [0.1, 0.15) is 53.1 Å². The number of benzene rings is 2. The maximum Gasteiger partial charge on any atom is 0.416 e. The highest BCUT2D eigenvalue weighted by molar-refractivity contribution is 7.16. The number of rotatable bonds is 8. The molecule has 1 unspecified atom stereocenters. The second-order valence-corrected chi connectivity index (χ2v) is 8.93. The minimum Gasteiger partial charge on any atom is -0.491 e. The van der Waals surface area contributed by atoms with E-state index in [0.717, 1.165) is 28.3 Å². The van der Waals surface area contributed by atoms with Gasteiger partial charge in [0.1, 0.15) is 17.4 Å². The van der Waals surface area contributed by atoms with Crippen molar-refractivity contribution in [2.45, 2.75) is 39.0 Å². The third-order valence-electron chi connectivity index (χ3n) is 5.01. The quantitative estimate of drug-likeness (QED) is 0.395. The Hall–Kier alpha value is -2.68. The third kappa shape index (κ3) is 6.22. The van der Waals surface area contributed by atoms with Crippen LogP contribution in [0.3, 0.4) is 0 Å². The Labute approximate surface area is 195 Å². The third-order valence-corrected chi connectivity index (χ3v) is 6.09. The lowest BCUT2D eigenvalue weighted by molar-refractivity contribution is -0.137. The molecule has 1 atom stereocenters. The minimum atomic E-state index is -4.38. The number of alkyl halides is 3. The van der Waals surface area contributed by atoms with Gasteiger partial charge in [0.2, 0.25) is 0 Å². The number of aliphatic hydroxyl groups is 2. The normalized spacial score (nSPS) is 13.1. The molecule has 0 fully saturated rings. The summed E-state index contributed by atoms with van der Waals surface area (Å²) < 4.78 is 44.0. The molecular weight excluding hydrogens is 451 g/mol. The molecule has 0 aliphatic carbocycles. The minimum absolute atomic E-state index is 0.0753. The standard InChI is InChI=1S/C25H26F3NO3S/c1-15(2)23-22(33-24(29-23)17-4-7-19(8-5-17)25(26,27)28)11-9-20(31)18-6-10-21(16(3)14-18)32-13-12-30/h4-11,14-15,20,30-31H,12-13H2,1-3H3. The summed E-state index contributed by atoms with van der Waals surface area (Å²) in [5.74, 6) is 0.751. The lowest BCUT2D eigenvalue weighted by Crippen LogP contribution is -2.03. The molecule has 0 spiro atoms. The summed E-state index contributed by atoms with van der Waals surface area (Å²) in [7, 11) is 0. The van der Waals surface area contributed by atoms with Crippen molar-refractivity contribution in [2.24, 2.45) is 0 Å². The van der Waals surface area contributed by atoms with E-state index in [4.69, 9.17) is 9.84 Å². The summed E-state index contributed by atoms with van der Waals surface area (Å²) >= 11 is 1.37. The molecule has 176 valence electrons. The van der Waals surface area contributed by atoms with Crippen molar-refractivity contribution in [1.82, 2.24) is 4.98 Å². The van der Waals surface area contributed by atoms with Gasteiger partial charge in [-0.3, -0.25) is 0 Å². The average Bonchev–Trinajstić information content (AvgIpc) is 3.21. The Balaban J connectivity index is 1.83. The second kappa shape index (κ2) is 10.5. The highest BCUT2D eigenvalue weighted by atomic mass is 32.1. The summed E-state index contributed by atoms with van der Waals surface area (Å²) in [6, 6.07) is 10.3. The number of hydrogen-bond acceptors (Lipinski definition) is 5. The molecule has 4 nitrogen and oxygen atoms in total. The van der Waals surface area contributed by atoms with E-state index in [-0.39, 0.29) is 19.1 Å². The number of nitrogens with zero attached hydrogens (tertiary/aromatic N) is 1. The van der Waals surface area contributed by atoms with Gasteiger partial charge >= 0.3 is 6.18 Å². The van der Waals surface area contributed by atoms with Gasteiger partial charge in [0, 0.05) is 5.56 Å². The molecule has 0 amide bonds. The molecule has 0 saturated heterocycles. The highest BCUT2D eigenvalue weighted by Gasteiger charge is 2.30. The molecular formula is C25H26F3NO3S.